The van der Waals surface area contributed by atoms with Gasteiger partial charge in [-0.3, -0.25) is 4.79 Å². The number of benzene rings is 1. The van der Waals surface area contributed by atoms with Gasteiger partial charge in [-0.2, -0.15) is 13.2 Å². The van der Waals surface area contributed by atoms with Gasteiger partial charge in [0, 0.05) is 33.1 Å². The molecule has 0 aromatic heterocycles. The summed E-state index contributed by atoms with van der Waals surface area (Å²) >= 11 is 0. The fourth-order valence-corrected chi connectivity index (χ4v) is 6.50. The summed E-state index contributed by atoms with van der Waals surface area (Å²) < 4.78 is 65.2. The van der Waals surface area contributed by atoms with Gasteiger partial charge in [-0.1, -0.05) is 12.8 Å². The van der Waals surface area contributed by atoms with Crippen molar-refractivity contribution in [3.05, 3.63) is 29.8 Å². The molecule has 2 aliphatic rings. The van der Waals surface area contributed by atoms with E-state index >= 15 is 0 Å². The Labute approximate surface area is 207 Å². The Balaban J connectivity index is 1.43. The maximum atomic E-state index is 12.8. The van der Waals surface area contributed by atoms with E-state index in [0.29, 0.717) is 24.9 Å². The van der Waals surface area contributed by atoms with Crippen LogP contribution in [-0.2, 0) is 21.0 Å². The van der Waals surface area contributed by atoms with E-state index < -0.39 is 21.8 Å². The molecule has 1 aliphatic carbocycles. The average Bonchev–Trinajstić information content (AvgIpc) is 2.83. The number of hydrogen-bond donors (Lipinski definition) is 0. The summed E-state index contributed by atoms with van der Waals surface area (Å²) in [5.41, 5.74) is -0.867. The molecule has 0 unspecified atom stereocenters. The summed E-state index contributed by atoms with van der Waals surface area (Å²) in [6, 6.07) is 3.97. The lowest BCUT2D eigenvalue weighted by Crippen LogP contribution is -2.44. The van der Waals surface area contributed by atoms with Crippen LogP contribution >= 0.6 is 0 Å². The van der Waals surface area contributed by atoms with Gasteiger partial charge in [0.2, 0.25) is 15.9 Å². The predicted molar refractivity (Wildman–Crippen MR) is 129 cm³/mol. The molecular weight excluding hydrogens is 479 g/mol. The van der Waals surface area contributed by atoms with E-state index in [1.807, 2.05) is 11.9 Å². The summed E-state index contributed by atoms with van der Waals surface area (Å²) in [5.74, 6) is 0.889. The molecule has 0 bridgehead atoms. The zero-order valence-electron chi connectivity index (χ0n) is 20.9. The van der Waals surface area contributed by atoms with E-state index in [9.17, 15) is 26.4 Å². The number of hydrogen-bond acceptors (Lipinski definition) is 4. The Bertz CT molecular complexity index is 937. The Kier molecular flexibility index (Phi) is 9.26. The van der Waals surface area contributed by atoms with E-state index in [0.717, 1.165) is 82.3 Å². The van der Waals surface area contributed by atoms with Crippen molar-refractivity contribution < 1.29 is 26.4 Å². The highest BCUT2D eigenvalue weighted by Gasteiger charge is 2.32. The molecule has 2 fully saturated rings. The fraction of sp³-hybridized carbons (Fsp3) is 0.720. The first-order chi connectivity index (χ1) is 16.4. The topological polar surface area (TPSA) is 60.9 Å². The smallest absolute Gasteiger partial charge is 0.343 e. The van der Waals surface area contributed by atoms with E-state index in [-0.39, 0.29) is 16.7 Å². The summed E-state index contributed by atoms with van der Waals surface area (Å²) in [6.45, 7) is 2.39. The maximum Gasteiger partial charge on any atom is 0.416 e. The van der Waals surface area contributed by atoms with Crippen molar-refractivity contribution in [1.82, 2.24) is 14.1 Å². The predicted octanol–water partition coefficient (Wildman–Crippen LogP) is 4.47. The minimum atomic E-state index is -4.50. The van der Waals surface area contributed by atoms with Crippen molar-refractivity contribution in [3.63, 3.8) is 0 Å². The number of likely N-dealkylation sites (tertiary alicyclic amines) is 1. The second-order valence-corrected chi connectivity index (χ2v) is 12.3. The molecule has 35 heavy (non-hydrogen) atoms. The van der Waals surface area contributed by atoms with Crippen LogP contribution in [0.15, 0.2) is 29.2 Å². The van der Waals surface area contributed by atoms with Gasteiger partial charge in [-0.25, -0.2) is 12.7 Å². The first-order valence-electron chi connectivity index (χ1n) is 12.5. The van der Waals surface area contributed by atoms with E-state index in [2.05, 4.69) is 11.9 Å². The molecule has 0 N–H and O–H groups in total. The van der Waals surface area contributed by atoms with Gasteiger partial charge < -0.3 is 9.80 Å². The highest BCUT2D eigenvalue weighted by Crippen LogP contribution is 2.34. The highest BCUT2D eigenvalue weighted by atomic mass is 32.2. The molecule has 0 radical (unpaired) electrons. The van der Waals surface area contributed by atoms with Crippen LogP contribution in [0.3, 0.4) is 0 Å². The number of halogens is 3. The Morgan fingerprint density at radius 2 is 1.51 bits per heavy atom. The molecule has 1 amide bonds. The number of carbonyl (C=O) groups is 1. The van der Waals surface area contributed by atoms with Crippen LogP contribution in [0.2, 0.25) is 0 Å². The summed E-state index contributed by atoms with van der Waals surface area (Å²) in [5, 5.41) is 0. The van der Waals surface area contributed by atoms with E-state index in [1.165, 1.54) is 11.4 Å². The zero-order chi connectivity index (χ0) is 25.8. The van der Waals surface area contributed by atoms with Crippen molar-refractivity contribution in [1.29, 1.82) is 0 Å². The molecule has 1 aliphatic heterocycles. The van der Waals surface area contributed by atoms with Crippen LogP contribution in [0, 0.1) is 11.8 Å². The lowest BCUT2D eigenvalue weighted by Gasteiger charge is -2.35. The largest absolute Gasteiger partial charge is 0.416 e. The molecule has 198 valence electrons. The van der Waals surface area contributed by atoms with Crippen LogP contribution in [0.25, 0.3) is 0 Å². The van der Waals surface area contributed by atoms with Crippen molar-refractivity contribution in [2.75, 3.05) is 40.8 Å². The van der Waals surface area contributed by atoms with Gasteiger partial charge in [0.05, 0.1) is 10.5 Å². The molecule has 3 rings (SSSR count). The highest BCUT2D eigenvalue weighted by molar-refractivity contribution is 7.89. The zero-order valence-corrected chi connectivity index (χ0v) is 21.7. The minimum absolute atomic E-state index is 0.131. The first-order valence-corrected chi connectivity index (χ1v) is 13.9. The summed E-state index contributed by atoms with van der Waals surface area (Å²) in [7, 11) is 1.66. The van der Waals surface area contributed by atoms with Crippen molar-refractivity contribution >= 4 is 15.9 Å². The van der Waals surface area contributed by atoms with Gasteiger partial charge in [0.25, 0.3) is 0 Å². The Hall–Kier alpha value is -1.65. The van der Waals surface area contributed by atoms with Crippen LogP contribution in [0.5, 0.6) is 0 Å². The lowest BCUT2D eigenvalue weighted by atomic mass is 9.80. The molecule has 0 spiro atoms. The minimum Gasteiger partial charge on any atom is -0.343 e. The number of alkyl halides is 3. The Morgan fingerprint density at radius 3 is 2.06 bits per heavy atom. The number of carbonyl (C=O) groups excluding carboxylic acids is 1. The van der Waals surface area contributed by atoms with Gasteiger partial charge in [0.15, 0.2) is 0 Å². The Morgan fingerprint density at radius 1 is 0.971 bits per heavy atom. The molecule has 1 aromatic rings. The number of amides is 1. The number of nitrogens with zero attached hydrogens (tertiary/aromatic N) is 3. The van der Waals surface area contributed by atoms with Crippen LogP contribution in [0.4, 0.5) is 13.2 Å². The molecule has 1 saturated heterocycles. The maximum absolute atomic E-state index is 12.8. The van der Waals surface area contributed by atoms with Crippen LogP contribution in [-0.4, -0.2) is 75.2 Å². The van der Waals surface area contributed by atoms with Gasteiger partial charge in [-0.15, -0.1) is 0 Å². The molecule has 1 saturated carbocycles. The SMILES string of the molecule is CN1CCC(N(C)C(=O)CC[C@H]2CC[C@H](CN(C)S(=O)(=O)c3ccc(C(F)(F)F)cc3)CC2)CC1. The van der Waals surface area contributed by atoms with Gasteiger partial charge in [-0.05, 0) is 88.3 Å². The van der Waals surface area contributed by atoms with Crippen molar-refractivity contribution in [2.24, 2.45) is 11.8 Å². The third kappa shape index (κ3) is 7.43. The summed E-state index contributed by atoms with van der Waals surface area (Å²) in [4.78, 5) is 16.8. The number of sulfonamides is 1. The third-order valence-electron chi connectivity index (χ3n) is 7.77. The third-order valence-corrected chi connectivity index (χ3v) is 9.60. The molecule has 1 heterocycles. The van der Waals surface area contributed by atoms with E-state index in [1.54, 1.807) is 0 Å². The normalized spacial score (nSPS) is 22.9. The fourth-order valence-electron chi connectivity index (χ4n) is 5.25. The van der Waals surface area contributed by atoms with Crippen LogP contribution < -0.4 is 0 Å². The van der Waals surface area contributed by atoms with Gasteiger partial charge in [0.1, 0.15) is 0 Å². The average molecular weight is 518 g/mol. The van der Waals surface area contributed by atoms with Gasteiger partial charge >= 0.3 is 6.18 Å². The second kappa shape index (κ2) is 11.6. The van der Waals surface area contributed by atoms with Crippen molar-refractivity contribution in [2.45, 2.75) is 68.5 Å². The monoisotopic (exact) mass is 517 g/mol. The lowest BCUT2D eigenvalue weighted by molar-refractivity contribution is -0.137. The van der Waals surface area contributed by atoms with Crippen LogP contribution in [0.1, 0.15) is 56.9 Å². The van der Waals surface area contributed by atoms with E-state index in [4.69, 9.17) is 0 Å². The quantitative estimate of drug-likeness (QED) is 0.511. The molecule has 0 atom stereocenters. The molecule has 10 heteroatoms. The number of rotatable bonds is 8. The molecule has 1 aromatic carbocycles. The first kappa shape index (κ1) is 27.9. The molecular formula is C25H38F3N3O3S. The second-order valence-electron chi connectivity index (χ2n) is 10.3. The van der Waals surface area contributed by atoms with Crippen molar-refractivity contribution in [3.8, 4) is 0 Å². The number of piperidine rings is 1. The summed E-state index contributed by atoms with van der Waals surface area (Å²) in [6.07, 6.45) is 2.66. The molecule has 6 nitrogen and oxygen atoms in total. The standard InChI is InChI=1S/C25H38F3N3O3S/c1-29-16-14-22(15-17-29)31(3)24(32)13-8-19-4-6-20(7-5-19)18-30(2)35(33,34)23-11-9-21(10-12-23)25(26,27)28/h9-12,19-20,22H,4-8,13-18H2,1-3H3/t19-,20-.